The Balaban J connectivity index is 1.36. The van der Waals surface area contributed by atoms with Crippen molar-refractivity contribution in [1.29, 1.82) is 0 Å². The number of nitrogens with one attached hydrogen (secondary N) is 1. The third-order valence-electron chi connectivity index (χ3n) is 7.26. The van der Waals surface area contributed by atoms with Crippen LogP contribution in [0.2, 0.25) is 0 Å². The first-order valence-corrected chi connectivity index (χ1v) is 14.3. The molecular weight excluding hydrogens is 507 g/mol. The fourth-order valence-corrected chi connectivity index (χ4v) is 6.86. The summed E-state index contributed by atoms with van der Waals surface area (Å²) in [6.45, 7) is 4.10. The van der Waals surface area contributed by atoms with Gasteiger partial charge in [0.2, 0.25) is 0 Å². The second-order valence-electron chi connectivity index (χ2n) is 9.50. The van der Waals surface area contributed by atoms with Crippen molar-refractivity contribution >= 4 is 15.7 Å². The van der Waals surface area contributed by atoms with Crippen LogP contribution in [0.5, 0.6) is 5.75 Å². The number of halogens is 1. The van der Waals surface area contributed by atoms with Crippen molar-refractivity contribution in [3.8, 4) is 16.9 Å². The lowest BCUT2D eigenvalue weighted by molar-refractivity contribution is -0.133. The molecule has 0 aromatic heterocycles. The minimum atomic E-state index is -4.05. The second-order valence-corrected chi connectivity index (χ2v) is 11.8. The molecule has 1 heterocycles. The fourth-order valence-electron chi connectivity index (χ4n) is 4.91. The molecule has 0 unspecified atom stereocenters. The van der Waals surface area contributed by atoms with E-state index in [9.17, 15) is 22.8 Å². The van der Waals surface area contributed by atoms with Gasteiger partial charge in [-0.15, -0.1) is 0 Å². The zero-order valence-corrected chi connectivity index (χ0v) is 22.2. The number of aryl methyl sites for hydroxylation is 1. The van der Waals surface area contributed by atoms with Gasteiger partial charge in [0.1, 0.15) is 11.6 Å². The number of amides is 1. The molecule has 7 nitrogen and oxygen atoms in total. The molecule has 1 fully saturated rings. The van der Waals surface area contributed by atoms with Gasteiger partial charge >= 0.3 is 0 Å². The Labute approximate surface area is 223 Å². The monoisotopic (exact) mass is 540 g/mol. The van der Waals surface area contributed by atoms with Crippen LogP contribution in [0.1, 0.15) is 31.7 Å². The Bertz CT molecular complexity index is 1340. The molecule has 1 amide bonds. The molecule has 9 heteroatoms. The highest BCUT2D eigenvalue weighted by atomic mass is 32.2. The highest BCUT2D eigenvalue weighted by Crippen LogP contribution is 2.36. The minimum Gasteiger partial charge on any atom is -0.494 e. The van der Waals surface area contributed by atoms with E-state index in [2.05, 4.69) is 11.0 Å². The van der Waals surface area contributed by atoms with Gasteiger partial charge in [-0.05, 0) is 85.3 Å². The number of likely N-dealkylation sites (tertiary alicyclic amines) is 1. The van der Waals surface area contributed by atoms with Crippen molar-refractivity contribution in [2.24, 2.45) is 0 Å². The lowest BCUT2D eigenvalue weighted by Crippen LogP contribution is -2.57. The van der Waals surface area contributed by atoms with E-state index in [1.807, 2.05) is 25.1 Å². The van der Waals surface area contributed by atoms with E-state index in [0.29, 0.717) is 25.4 Å². The highest BCUT2D eigenvalue weighted by molar-refractivity contribution is 7.93. The van der Waals surface area contributed by atoms with Crippen LogP contribution in [0.25, 0.3) is 11.1 Å². The molecule has 38 heavy (non-hydrogen) atoms. The summed E-state index contributed by atoms with van der Waals surface area (Å²) in [6, 6.07) is 20.6. The van der Waals surface area contributed by atoms with Crippen molar-refractivity contribution in [2.45, 2.75) is 42.2 Å². The lowest BCUT2D eigenvalue weighted by atomic mass is 9.95. The third-order valence-corrected chi connectivity index (χ3v) is 9.77. The van der Waals surface area contributed by atoms with Gasteiger partial charge in [0, 0.05) is 13.1 Å². The number of hydrogen-bond acceptors (Lipinski definition) is 6. The number of nitrogens with zero attached hydrogens (tertiary/aromatic N) is 1. The first-order chi connectivity index (χ1) is 18.3. The van der Waals surface area contributed by atoms with E-state index >= 15 is 0 Å². The quantitative estimate of drug-likeness (QED) is 0.221. The molecule has 0 spiro atoms. The number of sulfone groups is 1. The Morgan fingerprint density at radius 2 is 1.71 bits per heavy atom. The van der Waals surface area contributed by atoms with Crippen molar-refractivity contribution in [2.75, 3.05) is 26.2 Å². The molecule has 3 aromatic rings. The molecule has 4 rings (SSSR count). The average Bonchev–Trinajstić information content (AvgIpc) is 2.95. The molecule has 0 atom stereocenters. The molecule has 1 aliphatic rings. The predicted octanol–water partition coefficient (Wildman–Crippen LogP) is 4.64. The van der Waals surface area contributed by atoms with Gasteiger partial charge in [-0.1, -0.05) is 43.3 Å². The number of benzene rings is 3. The summed E-state index contributed by atoms with van der Waals surface area (Å²) in [6.07, 6.45) is 1.75. The summed E-state index contributed by atoms with van der Waals surface area (Å²) in [5.74, 6) is -0.622. The van der Waals surface area contributed by atoms with Crippen LogP contribution >= 0.6 is 0 Å². The third kappa shape index (κ3) is 5.90. The first-order valence-electron chi connectivity index (χ1n) is 12.8. The van der Waals surface area contributed by atoms with Crippen molar-refractivity contribution in [3.63, 3.8) is 0 Å². The summed E-state index contributed by atoms with van der Waals surface area (Å²) in [4.78, 5) is 14.7. The van der Waals surface area contributed by atoms with E-state index in [1.54, 1.807) is 29.7 Å². The molecule has 0 radical (unpaired) electrons. The highest BCUT2D eigenvalue weighted by Gasteiger charge is 2.52. The predicted molar refractivity (Wildman–Crippen MR) is 143 cm³/mol. The van der Waals surface area contributed by atoms with Crippen molar-refractivity contribution in [1.82, 2.24) is 10.4 Å². The summed E-state index contributed by atoms with van der Waals surface area (Å²) < 4.78 is 44.4. The zero-order chi connectivity index (χ0) is 27.2. The van der Waals surface area contributed by atoms with Crippen LogP contribution in [-0.2, 0) is 21.1 Å². The lowest BCUT2D eigenvalue weighted by Gasteiger charge is -2.39. The summed E-state index contributed by atoms with van der Waals surface area (Å²) in [5.41, 5.74) is 4.69. The topological polar surface area (TPSA) is 95.9 Å². The van der Waals surface area contributed by atoms with Crippen LogP contribution in [0.15, 0.2) is 77.7 Å². The molecule has 1 saturated heterocycles. The van der Waals surface area contributed by atoms with Crippen LogP contribution in [0, 0.1) is 5.82 Å². The van der Waals surface area contributed by atoms with E-state index in [0.717, 1.165) is 36.1 Å². The SMILES string of the molecule is CCN1CCC(C(=O)NO)(S(=O)(=O)c2ccc(OCCCc3cccc(-c4ccc(F)cc4)c3)cc2)CC1. The number of ether oxygens (including phenoxy) is 1. The van der Waals surface area contributed by atoms with E-state index in [-0.39, 0.29) is 23.6 Å². The van der Waals surface area contributed by atoms with E-state index in [4.69, 9.17) is 4.74 Å². The average molecular weight is 541 g/mol. The molecule has 2 N–H and O–H groups in total. The Kier molecular flexibility index (Phi) is 8.81. The van der Waals surface area contributed by atoms with Gasteiger partial charge in [0.25, 0.3) is 5.91 Å². The molecule has 0 saturated carbocycles. The molecule has 0 aliphatic carbocycles. The van der Waals surface area contributed by atoms with Gasteiger partial charge in [0.15, 0.2) is 14.6 Å². The summed E-state index contributed by atoms with van der Waals surface area (Å²) in [7, 11) is -4.05. The number of piperidine rings is 1. The van der Waals surface area contributed by atoms with E-state index in [1.165, 1.54) is 24.3 Å². The molecule has 0 bridgehead atoms. The fraction of sp³-hybridized carbons (Fsp3) is 0.345. The Morgan fingerprint density at radius 1 is 1.03 bits per heavy atom. The first kappa shape index (κ1) is 27.8. The molecule has 202 valence electrons. The summed E-state index contributed by atoms with van der Waals surface area (Å²) >= 11 is 0. The summed E-state index contributed by atoms with van der Waals surface area (Å²) in [5, 5.41) is 9.30. The number of rotatable bonds is 10. The largest absolute Gasteiger partial charge is 0.494 e. The maximum Gasteiger partial charge on any atom is 0.265 e. The number of hydroxylamine groups is 1. The number of hydrogen-bond donors (Lipinski definition) is 2. The van der Waals surface area contributed by atoms with Gasteiger partial charge in [0.05, 0.1) is 11.5 Å². The zero-order valence-electron chi connectivity index (χ0n) is 21.4. The Morgan fingerprint density at radius 3 is 2.34 bits per heavy atom. The van der Waals surface area contributed by atoms with Gasteiger partial charge in [-0.2, -0.15) is 0 Å². The molecule has 3 aromatic carbocycles. The maximum atomic E-state index is 13.5. The molecular formula is C29H33FN2O5S. The van der Waals surface area contributed by atoms with Crippen LogP contribution in [-0.4, -0.2) is 55.4 Å². The van der Waals surface area contributed by atoms with Gasteiger partial charge < -0.3 is 9.64 Å². The minimum absolute atomic E-state index is 0.0241. The second kappa shape index (κ2) is 12.1. The van der Waals surface area contributed by atoms with Gasteiger partial charge in [-0.25, -0.2) is 18.3 Å². The van der Waals surface area contributed by atoms with Crippen LogP contribution in [0.4, 0.5) is 4.39 Å². The van der Waals surface area contributed by atoms with Crippen molar-refractivity contribution < 1.29 is 27.5 Å². The number of carbonyl (C=O) groups is 1. The van der Waals surface area contributed by atoms with Crippen molar-refractivity contribution in [3.05, 3.63) is 84.2 Å². The van der Waals surface area contributed by atoms with Gasteiger partial charge in [-0.3, -0.25) is 10.0 Å². The maximum absolute atomic E-state index is 13.5. The molecule has 1 aliphatic heterocycles. The normalized spacial score (nSPS) is 15.7. The van der Waals surface area contributed by atoms with E-state index < -0.39 is 20.5 Å². The number of carbonyl (C=O) groups excluding carboxylic acids is 1. The van der Waals surface area contributed by atoms with Crippen LogP contribution in [0.3, 0.4) is 0 Å². The standard InChI is InChI=1S/C29H33FN2O5S/c1-2-32-18-16-29(17-19-32,28(33)31-34)38(35,36)27-14-12-26(13-15-27)37-20-4-6-22-5-3-7-24(21-22)23-8-10-25(30)11-9-23/h3,5,7-15,21,34H,2,4,6,16-20H2,1H3,(H,31,33). The van der Waals surface area contributed by atoms with Crippen LogP contribution < -0.4 is 10.2 Å². The smallest absolute Gasteiger partial charge is 0.265 e. The Hall–Kier alpha value is -3.27.